The van der Waals surface area contributed by atoms with Crippen molar-refractivity contribution in [1.82, 2.24) is 10.2 Å². The van der Waals surface area contributed by atoms with Crippen LogP contribution in [0.4, 0.5) is 0 Å². The molecule has 0 heterocycles. The summed E-state index contributed by atoms with van der Waals surface area (Å²) in [6.07, 6.45) is 4.69. The molecule has 0 radical (unpaired) electrons. The largest absolute Gasteiger partial charge is 0.468 e. The van der Waals surface area contributed by atoms with Gasteiger partial charge >= 0.3 is 5.97 Å². The number of methoxy groups -OCH3 is 1. The number of rotatable bonds is 9. The smallest absolute Gasteiger partial charge is 0.327 e. The molecular formula is C16H30N2O2. The number of nitrogens with zero attached hydrogens (tertiary/aromatic N) is 1. The molecule has 2 rings (SSSR count). The van der Waals surface area contributed by atoms with Crippen LogP contribution in [0.25, 0.3) is 0 Å². The lowest BCUT2D eigenvalue weighted by Crippen LogP contribution is -2.62. The summed E-state index contributed by atoms with van der Waals surface area (Å²) in [6, 6.07) is 0.521. The molecule has 4 nitrogen and oxygen atoms in total. The van der Waals surface area contributed by atoms with Gasteiger partial charge in [-0.15, -0.1) is 0 Å². The van der Waals surface area contributed by atoms with E-state index in [4.69, 9.17) is 4.74 Å². The first-order chi connectivity index (χ1) is 9.51. The third-order valence-corrected chi connectivity index (χ3v) is 4.41. The zero-order chi connectivity index (χ0) is 14.8. The second kappa shape index (κ2) is 6.44. The van der Waals surface area contributed by atoms with E-state index in [1.54, 1.807) is 0 Å². The standard InChI is InChI=1S/C16H30N2O2/c1-5-18(10-12(2)3)11-16(13-6-7-13,15(19)20-4)17-14-8-9-14/h12-14,17H,5-11H2,1-4H3. The lowest BCUT2D eigenvalue weighted by molar-refractivity contribution is -0.151. The zero-order valence-electron chi connectivity index (χ0n) is 13.4. The highest BCUT2D eigenvalue weighted by Gasteiger charge is 2.54. The Morgan fingerprint density at radius 2 is 2.00 bits per heavy atom. The minimum absolute atomic E-state index is 0.0610. The van der Waals surface area contributed by atoms with E-state index in [-0.39, 0.29) is 5.97 Å². The molecule has 2 aliphatic rings. The molecule has 1 unspecified atom stereocenters. The van der Waals surface area contributed by atoms with E-state index in [0.29, 0.717) is 17.9 Å². The molecule has 0 amide bonds. The summed E-state index contributed by atoms with van der Waals surface area (Å²) in [4.78, 5) is 14.9. The molecule has 0 aromatic heterocycles. The van der Waals surface area contributed by atoms with Gasteiger partial charge in [0.2, 0.25) is 0 Å². The number of carbonyl (C=O) groups excluding carboxylic acids is 1. The molecule has 1 N–H and O–H groups in total. The lowest BCUT2D eigenvalue weighted by atomic mass is 9.91. The van der Waals surface area contributed by atoms with E-state index in [2.05, 4.69) is 31.0 Å². The second-order valence-electron chi connectivity index (χ2n) is 6.88. The van der Waals surface area contributed by atoms with Gasteiger partial charge in [0.05, 0.1) is 7.11 Å². The van der Waals surface area contributed by atoms with Crippen LogP contribution in [0.5, 0.6) is 0 Å². The van der Waals surface area contributed by atoms with Crippen molar-refractivity contribution in [3.8, 4) is 0 Å². The molecule has 0 aromatic rings. The van der Waals surface area contributed by atoms with Gasteiger partial charge in [0.25, 0.3) is 0 Å². The van der Waals surface area contributed by atoms with Crippen LogP contribution in [0.15, 0.2) is 0 Å². The second-order valence-corrected chi connectivity index (χ2v) is 6.88. The Kier molecular flexibility index (Phi) is 5.08. The van der Waals surface area contributed by atoms with Crippen molar-refractivity contribution in [2.45, 2.75) is 58.0 Å². The summed E-state index contributed by atoms with van der Waals surface area (Å²) in [7, 11) is 1.52. The molecule has 1 atom stereocenters. The van der Waals surface area contributed by atoms with Crippen LogP contribution in [0.2, 0.25) is 0 Å². The Bertz CT molecular complexity index is 337. The number of ether oxygens (including phenoxy) is 1. The van der Waals surface area contributed by atoms with Crippen molar-refractivity contribution >= 4 is 5.97 Å². The van der Waals surface area contributed by atoms with Gasteiger partial charge in [-0.25, -0.2) is 4.79 Å². The molecule has 0 saturated heterocycles. The molecule has 2 fully saturated rings. The van der Waals surface area contributed by atoms with Gasteiger partial charge in [0.15, 0.2) is 0 Å². The third-order valence-electron chi connectivity index (χ3n) is 4.41. The maximum Gasteiger partial charge on any atom is 0.327 e. The van der Waals surface area contributed by atoms with Crippen molar-refractivity contribution in [3.05, 3.63) is 0 Å². The van der Waals surface area contributed by atoms with Gasteiger partial charge in [0.1, 0.15) is 5.54 Å². The van der Waals surface area contributed by atoms with Crippen LogP contribution in [0.1, 0.15) is 46.5 Å². The quantitative estimate of drug-likeness (QED) is 0.657. The minimum Gasteiger partial charge on any atom is -0.468 e. The predicted octanol–water partition coefficient (Wildman–Crippen LogP) is 2.04. The van der Waals surface area contributed by atoms with Crippen LogP contribution in [-0.2, 0) is 9.53 Å². The summed E-state index contributed by atoms with van der Waals surface area (Å²) in [6.45, 7) is 9.44. The van der Waals surface area contributed by atoms with E-state index in [1.807, 2.05) is 0 Å². The molecule has 2 saturated carbocycles. The van der Waals surface area contributed by atoms with Gasteiger partial charge in [0, 0.05) is 19.1 Å². The average Bonchev–Trinajstić information content (AvgIpc) is 3.26. The normalized spacial score (nSPS) is 22.1. The highest BCUT2D eigenvalue weighted by molar-refractivity contribution is 5.82. The van der Waals surface area contributed by atoms with E-state index >= 15 is 0 Å². The van der Waals surface area contributed by atoms with E-state index in [1.165, 1.54) is 20.0 Å². The van der Waals surface area contributed by atoms with Crippen LogP contribution >= 0.6 is 0 Å². The Balaban J connectivity index is 2.12. The molecular weight excluding hydrogens is 252 g/mol. The van der Waals surface area contributed by atoms with Gasteiger partial charge in [-0.2, -0.15) is 0 Å². The van der Waals surface area contributed by atoms with Crippen molar-refractivity contribution in [1.29, 1.82) is 0 Å². The summed E-state index contributed by atoms with van der Waals surface area (Å²) in [5, 5.41) is 3.64. The van der Waals surface area contributed by atoms with Gasteiger partial charge < -0.3 is 9.64 Å². The Labute approximate surface area is 123 Å². The van der Waals surface area contributed by atoms with Crippen molar-refractivity contribution in [2.75, 3.05) is 26.7 Å². The highest BCUT2D eigenvalue weighted by Crippen LogP contribution is 2.42. The molecule has 20 heavy (non-hydrogen) atoms. The molecule has 2 aliphatic carbocycles. The van der Waals surface area contributed by atoms with Crippen LogP contribution in [-0.4, -0.2) is 49.2 Å². The first-order valence-electron chi connectivity index (χ1n) is 8.10. The average molecular weight is 282 g/mol. The molecule has 0 aromatic carbocycles. The molecule has 0 spiro atoms. The van der Waals surface area contributed by atoms with Crippen LogP contribution in [0.3, 0.4) is 0 Å². The Hall–Kier alpha value is -0.610. The number of esters is 1. The van der Waals surface area contributed by atoms with E-state index < -0.39 is 5.54 Å². The summed E-state index contributed by atoms with van der Waals surface area (Å²) in [5.74, 6) is 1.01. The van der Waals surface area contributed by atoms with E-state index in [0.717, 1.165) is 32.5 Å². The number of hydrogen-bond acceptors (Lipinski definition) is 4. The zero-order valence-corrected chi connectivity index (χ0v) is 13.4. The first-order valence-corrected chi connectivity index (χ1v) is 8.10. The van der Waals surface area contributed by atoms with Crippen LogP contribution in [0, 0.1) is 11.8 Å². The summed E-state index contributed by atoms with van der Waals surface area (Å²) in [5.41, 5.74) is -0.471. The third kappa shape index (κ3) is 3.73. The van der Waals surface area contributed by atoms with Crippen LogP contribution < -0.4 is 5.32 Å². The first kappa shape index (κ1) is 15.8. The maximum atomic E-state index is 12.5. The molecule has 4 heteroatoms. The monoisotopic (exact) mass is 282 g/mol. The minimum atomic E-state index is -0.471. The van der Waals surface area contributed by atoms with Gasteiger partial charge in [-0.1, -0.05) is 20.8 Å². The molecule has 0 aliphatic heterocycles. The Morgan fingerprint density at radius 1 is 1.35 bits per heavy atom. The fourth-order valence-corrected chi connectivity index (χ4v) is 3.11. The molecule has 0 bridgehead atoms. The van der Waals surface area contributed by atoms with Crippen molar-refractivity contribution in [3.63, 3.8) is 0 Å². The van der Waals surface area contributed by atoms with Gasteiger partial charge in [-0.3, -0.25) is 5.32 Å². The number of carbonyl (C=O) groups is 1. The highest BCUT2D eigenvalue weighted by atomic mass is 16.5. The topological polar surface area (TPSA) is 41.6 Å². The summed E-state index contributed by atoms with van der Waals surface area (Å²) < 4.78 is 5.17. The van der Waals surface area contributed by atoms with Crippen molar-refractivity contribution in [2.24, 2.45) is 11.8 Å². The number of likely N-dealkylation sites (N-methyl/N-ethyl adjacent to an activating group) is 1. The predicted molar refractivity (Wildman–Crippen MR) is 80.6 cm³/mol. The van der Waals surface area contributed by atoms with E-state index in [9.17, 15) is 4.79 Å². The Morgan fingerprint density at radius 3 is 2.40 bits per heavy atom. The molecule has 116 valence electrons. The maximum absolute atomic E-state index is 12.5. The van der Waals surface area contributed by atoms with Gasteiger partial charge in [-0.05, 0) is 44.1 Å². The number of nitrogens with one attached hydrogen (secondary N) is 1. The summed E-state index contributed by atoms with van der Waals surface area (Å²) >= 11 is 0. The SMILES string of the molecule is CCN(CC(C)C)CC(NC1CC1)(C(=O)OC)C1CC1. The fraction of sp³-hybridized carbons (Fsp3) is 0.938. The lowest BCUT2D eigenvalue weighted by Gasteiger charge is -2.37. The fourth-order valence-electron chi connectivity index (χ4n) is 3.11. The van der Waals surface area contributed by atoms with Crippen molar-refractivity contribution < 1.29 is 9.53 Å². The number of hydrogen-bond donors (Lipinski definition) is 1.